The maximum absolute atomic E-state index is 5.08. The zero-order valence-corrected chi connectivity index (χ0v) is 9.12. The quantitative estimate of drug-likeness (QED) is 0.718. The van der Waals surface area contributed by atoms with Crippen LogP contribution in [0.2, 0.25) is 0 Å². The van der Waals surface area contributed by atoms with Crippen LogP contribution in [0.15, 0.2) is 17.1 Å². The summed E-state index contributed by atoms with van der Waals surface area (Å²) in [7, 11) is 0. The second-order valence-corrected chi connectivity index (χ2v) is 4.93. The van der Waals surface area contributed by atoms with Gasteiger partial charge in [0.1, 0.15) is 6.26 Å². The highest BCUT2D eigenvalue weighted by Gasteiger charge is 2.33. The Morgan fingerprint density at radius 1 is 1.29 bits per heavy atom. The van der Waals surface area contributed by atoms with Gasteiger partial charge in [-0.25, -0.2) is 4.98 Å². The second kappa shape index (κ2) is 3.76. The fourth-order valence-corrected chi connectivity index (χ4v) is 2.56. The molecule has 1 aliphatic rings. The Labute approximate surface area is 85.7 Å². The SMILES string of the molecule is CC(C)(c1cocn1)C1CCCCC1. The number of aromatic nitrogens is 1. The first-order valence-electron chi connectivity index (χ1n) is 5.60. The molecule has 2 heteroatoms. The number of hydrogen-bond donors (Lipinski definition) is 0. The van der Waals surface area contributed by atoms with Crippen LogP contribution in [0.1, 0.15) is 51.6 Å². The topological polar surface area (TPSA) is 26.0 Å². The lowest BCUT2D eigenvalue weighted by Gasteiger charge is -2.35. The van der Waals surface area contributed by atoms with Crippen molar-refractivity contribution in [3.8, 4) is 0 Å². The summed E-state index contributed by atoms with van der Waals surface area (Å²) in [6.45, 7) is 4.58. The van der Waals surface area contributed by atoms with Gasteiger partial charge in [-0.1, -0.05) is 33.1 Å². The predicted molar refractivity (Wildman–Crippen MR) is 56.1 cm³/mol. The smallest absolute Gasteiger partial charge is 0.180 e. The largest absolute Gasteiger partial charge is 0.451 e. The first-order valence-corrected chi connectivity index (χ1v) is 5.60. The lowest BCUT2D eigenvalue weighted by Crippen LogP contribution is -2.30. The molecule has 1 heterocycles. The summed E-state index contributed by atoms with van der Waals surface area (Å²) in [4.78, 5) is 4.30. The molecule has 1 aromatic heterocycles. The van der Waals surface area contributed by atoms with E-state index < -0.39 is 0 Å². The molecule has 0 atom stereocenters. The summed E-state index contributed by atoms with van der Waals surface area (Å²) in [6, 6.07) is 0. The molecule has 1 saturated carbocycles. The zero-order valence-electron chi connectivity index (χ0n) is 9.12. The van der Waals surface area contributed by atoms with Crippen molar-refractivity contribution in [2.75, 3.05) is 0 Å². The fraction of sp³-hybridized carbons (Fsp3) is 0.750. The number of oxazole rings is 1. The van der Waals surface area contributed by atoms with Crippen LogP contribution in [0.25, 0.3) is 0 Å². The lowest BCUT2D eigenvalue weighted by atomic mass is 9.69. The fourth-order valence-electron chi connectivity index (χ4n) is 2.56. The molecular weight excluding hydrogens is 174 g/mol. The third-order valence-corrected chi connectivity index (χ3v) is 3.72. The Hall–Kier alpha value is -0.790. The average molecular weight is 193 g/mol. The van der Waals surface area contributed by atoms with Crippen LogP contribution in [0.4, 0.5) is 0 Å². The van der Waals surface area contributed by atoms with Crippen LogP contribution in [-0.4, -0.2) is 4.98 Å². The van der Waals surface area contributed by atoms with E-state index in [4.69, 9.17) is 4.42 Å². The Morgan fingerprint density at radius 2 is 2.00 bits per heavy atom. The van der Waals surface area contributed by atoms with Crippen LogP contribution in [-0.2, 0) is 5.41 Å². The molecule has 0 aliphatic heterocycles. The van der Waals surface area contributed by atoms with E-state index in [1.54, 1.807) is 12.7 Å². The van der Waals surface area contributed by atoms with Crippen LogP contribution in [0.3, 0.4) is 0 Å². The molecule has 0 spiro atoms. The van der Waals surface area contributed by atoms with E-state index in [-0.39, 0.29) is 5.41 Å². The van der Waals surface area contributed by atoms with E-state index in [1.807, 2.05) is 0 Å². The molecule has 0 radical (unpaired) electrons. The van der Waals surface area contributed by atoms with Crippen molar-refractivity contribution in [1.29, 1.82) is 0 Å². The molecule has 1 fully saturated rings. The minimum atomic E-state index is 0.188. The zero-order chi connectivity index (χ0) is 10.0. The average Bonchev–Trinajstić information content (AvgIpc) is 2.72. The van der Waals surface area contributed by atoms with Crippen LogP contribution in [0.5, 0.6) is 0 Å². The van der Waals surface area contributed by atoms with E-state index >= 15 is 0 Å². The predicted octanol–water partition coefficient (Wildman–Crippen LogP) is 3.53. The summed E-state index contributed by atoms with van der Waals surface area (Å²) in [5, 5.41) is 0. The van der Waals surface area contributed by atoms with Gasteiger partial charge in [-0.15, -0.1) is 0 Å². The number of rotatable bonds is 2. The van der Waals surface area contributed by atoms with Crippen molar-refractivity contribution >= 4 is 0 Å². The van der Waals surface area contributed by atoms with Gasteiger partial charge in [-0.3, -0.25) is 0 Å². The van der Waals surface area contributed by atoms with Crippen molar-refractivity contribution in [2.45, 2.75) is 51.4 Å². The standard InChI is InChI=1S/C12H19NO/c1-12(2,11-8-14-9-13-11)10-6-4-3-5-7-10/h8-10H,3-7H2,1-2H3. The van der Waals surface area contributed by atoms with Crippen molar-refractivity contribution in [3.05, 3.63) is 18.4 Å². The molecule has 1 aliphatic carbocycles. The van der Waals surface area contributed by atoms with Crippen molar-refractivity contribution in [1.82, 2.24) is 4.98 Å². The van der Waals surface area contributed by atoms with Crippen LogP contribution in [0, 0.1) is 5.92 Å². The maximum Gasteiger partial charge on any atom is 0.180 e. The van der Waals surface area contributed by atoms with Crippen LogP contribution >= 0.6 is 0 Å². The summed E-state index contributed by atoms with van der Waals surface area (Å²) >= 11 is 0. The molecule has 0 aromatic carbocycles. The monoisotopic (exact) mass is 193 g/mol. The second-order valence-electron chi connectivity index (χ2n) is 4.93. The third kappa shape index (κ3) is 1.70. The first kappa shape index (κ1) is 9.75. The molecule has 78 valence electrons. The molecule has 0 saturated heterocycles. The van der Waals surface area contributed by atoms with Gasteiger partial charge in [0.05, 0.1) is 5.69 Å². The molecule has 0 bridgehead atoms. The van der Waals surface area contributed by atoms with Crippen molar-refractivity contribution < 1.29 is 4.42 Å². The Kier molecular flexibility index (Phi) is 2.62. The Bertz CT molecular complexity index is 271. The minimum absolute atomic E-state index is 0.188. The van der Waals surface area contributed by atoms with E-state index in [2.05, 4.69) is 18.8 Å². The molecule has 0 amide bonds. The van der Waals surface area contributed by atoms with Gasteiger partial charge in [0.2, 0.25) is 0 Å². The Balaban J connectivity index is 2.14. The highest BCUT2D eigenvalue weighted by Crippen LogP contribution is 2.39. The summed E-state index contributed by atoms with van der Waals surface area (Å²) in [5.41, 5.74) is 1.30. The van der Waals surface area contributed by atoms with E-state index in [9.17, 15) is 0 Å². The summed E-state index contributed by atoms with van der Waals surface area (Å²) < 4.78 is 5.08. The van der Waals surface area contributed by atoms with Gasteiger partial charge in [-0.2, -0.15) is 0 Å². The molecule has 0 unspecified atom stereocenters. The number of nitrogens with zero attached hydrogens (tertiary/aromatic N) is 1. The van der Waals surface area contributed by atoms with Gasteiger partial charge in [0.15, 0.2) is 6.39 Å². The molecule has 14 heavy (non-hydrogen) atoms. The Morgan fingerprint density at radius 3 is 2.57 bits per heavy atom. The third-order valence-electron chi connectivity index (χ3n) is 3.72. The van der Waals surface area contributed by atoms with Gasteiger partial charge < -0.3 is 4.42 Å². The summed E-state index contributed by atoms with van der Waals surface area (Å²) in [5.74, 6) is 0.779. The number of hydrogen-bond acceptors (Lipinski definition) is 2. The molecule has 1 aromatic rings. The van der Waals surface area contributed by atoms with Gasteiger partial charge >= 0.3 is 0 Å². The highest BCUT2D eigenvalue weighted by molar-refractivity contribution is 5.10. The molecular formula is C12H19NO. The van der Waals surface area contributed by atoms with Gasteiger partial charge in [-0.05, 0) is 18.8 Å². The van der Waals surface area contributed by atoms with Crippen molar-refractivity contribution in [2.24, 2.45) is 5.92 Å². The van der Waals surface area contributed by atoms with Gasteiger partial charge in [0, 0.05) is 5.41 Å². The summed E-state index contributed by atoms with van der Waals surface area (Å²) in [6.07, 6.45) is 10.2. The molecule has 2 rings (SSSR count). The first-order chi connectivity index (χ1) is 6.71. The van der Waals surface area contributed by atoms with E-state index in [0.717, 1.165) is 11.6 Å². The molecule has 0 N–H and O–H groups in total. The molecule has 2 nitrogen and oxygen atoms in total. The highest BCUT2D eigenvalue weighted by atomic mass is 16.3. The lowest BCUT2D eigenvalue weighted by molar-refractivity contribution is 0.231. The van der Waals surface area contributed by atoms with E-state index in [1.165, 1.54) is 32.1 Å². The normalized spacial score (nSPS) is 19.9. The maximum atomic E-state index is 5.08. The minimum Gasteiger partial charge on any atom is -0.451 e. The van der Waals surface area contributed by atoms with E-state index in [0.29, 0.717) is 0 Å². The van der Waals surface area contributed by atoms with Gasteiger partial charge in [0.25, 0.3) is 0 Å². The van der Waals surface area contributed by atoms with Crippen LogP contribution < -0.4 is 0 Å². The van der Waals surface area contributed by atoms with Crippen molar-refractivity contribution in [3.63, 3.8) is 0 Å².